The van der Waals surface area contributed by atoms with Crippen LogP contribution < -0.4 is 5.32 Å². The fourth-order valence-corrected chi connectivity index (χ4v) is 2.68. The minimum absolute atomic E-state index is 0.219. The summed E-state index contributed by atoms with van der Waals surface area (Å²) in [5, 5.41) is 21.8. The van der Waals surface area contributed by atoms with Gasteiger partial charge in [-0.2, -0.15) is 0 Å². The molecule has 3 rings (SSSR count). The number of para-hydroxylation sites is 1. The van der Waals surface area contributed by atoms with Gasteiger partial charge in [-0.1, -0.05) is 54.6 Å². The van der Waals surface area contributed by atoms with Gasteiger partial charge in [-0.15, -0.1) is 0 Å². The van der Waals surface area contributed by atoms with Crippen LogP contribution in [0.3, 0.4) is 0 Å². The van der Waals surface area contributed by atoms with Crippen LogP contribution in [0.4, 0.5) is 11.4 Å². The Morgan fingerprint density at radius 3 is 2.00 bits per heavy atom. The van der Waals surface area contributed by atoms with E-state index in [4.69, 9.17) is 0 Å². The van der Waals surface area contributed by atoms with Gasteiger partial charge in [0.05, 0.1) is 11.1 Å². The largest absolute Gasteiger partial charge is 0.478 e. The molecule has 0 radical (unpaired) electrons. The molecule has 27 heavy (non-hydrogen) atoms. The van der Waals surface area contributed by atoms with E-state index in [1.54, 1.807) is 18.2 Å². The van der Waals surface area contributed by atoms with Gasteiger partial charge in [0.25, 0.3) is 0 Å². The second-order valence-corrected chi connectivity index (χ2v) is 5.83. The number of nitrogens with one attached hydrogen (secondary N) is 1. The first-order valence-corrected chi connectivity index (χ1v) is 8.24. The molecule has 5 heteroatoms. The second kappa shape index (κ2) is 8.01. The van der Waals surface area contributed by atoms with Crippen molar-refractivity contribution in [2.45, 2.75) is 0 Å². The number of carboxylic acid groups (broad SMARTS) is 2. The molecular weight excluding hydrogens is 342 g/mol. The van der Waals surface area contributed by atoms with E-state index in [0.717, 1.165) is 16.9 Å². The number of carbonyl (C=O) groups is 2. The van der Waals surface area contributed by atoms with Gasteiger partial charge in [0.2, 0.25) is 0 Å². The van der Waals surface area contributed by atoms with Crippen LogP contribution in [-0.4, -0.2) is 22.2 Å². The minimum atomic E-state index is -1.27. The highest BCUT2D eigenvalue weighted by Crippen LogP contribution is 2.20. The zero-order valence-electron chi connectivity index (χ0n) is 14.3. The summed E-state index contributed by atoms with van der Waals surface area (Å²) in [6.45, 7) is 0. The van der Waals surface area contributed by atoms with Crippen LogP contribution in [0, 0.1) is 0 Å². The lowest BCUT2D eigenvalue weighted by atomic mass is 10.00. The van der Waals surface area contributed by atoms with Crippen LogP contribution >= 0.6 is 0 Å². The minimum Gasteiger partial charge on any atom is -0.478 e. The molecule has 0 saturated heterocycles. The van der Waals surface area contributed by atoms with Crippen LogP contribution in [-0.2, 0) is 0 Å². The van der Waals surface area contributed by atoms with Gasteiger partial charge in [-0.25, -0.2) is 9.59 Å². The van der Waals surface area contributed by atoms with Gasteiger partial charge >= 0.3 is 11.9 Å². The number of benzene rings is 3. The van der Waals surface area contributed by atoms with Gasteiger partial charge < -0.3 is 15.5 Å². The average Bonchev–Trinajstić information content (AvgIpc) is 2.67. The Labute approximate surface area is 156 Å². The van der Waals surface area contributed by atoms with Crippen molar-refractivity contribution < 1.29 is 19.8 Å². The first-order chi connectivity index (χ1) is 13.0. The Bertz CT molecular complexity index is 993. The first kappa shape index (κ1) is 17.9. The first-order valence-electron chi connectivity index (χ1n) is 8.24. The summed E-state index contributed by atoms with van der Waals surface area (Å²) in [5.41, 5.74) is 2.67. The smallest absolute Gasteiger partial charge is 0.337 e. The van der Waals surface area contributed by atoms with Crippen molar-refractivity contribution in [1.29, 1.82) is 0 Å². The predicted octanol–water partition coefficient (Wildman–Crippen LogP) is 5.00. The van der Waals surface area contributed by atoms with Gasteiger partial charge in [0.1, 0.15) is 0 Å². The Morgan fingerprint density at radius 1 is 0.704 bits per heavy atom. The molecule has 0 fully saturated rings. The molecule has 0 bridgehead atoms. The lowest BCUT2D eigenvalue weighted by Crippen LogP contribution is -2.09. The highest BCUT2D eigenvalue weighted by atomic mass is 16.4. The maximum atomic E-state index is 11.5. The second-order valence-electron chi connectivity index (χ2n) is 5.83. The standard InChI is InChI=1S/C22H17NO4/c24-21(25)19-8-4-5-16(20(19)22(26)27)12-9-15-10-13-18(14-11-15)23-17-6-2-1-3-7-17/h1-14,23H,(H,24,25)(H,26,27). The maximum Gasteiger partial charge on any atom is 0.337 e. The lowest BCUT2D eigenvalue weighted by Gasteiger charge is -2.07. The molecule has 0 atom stereocenters. The van der Waals surface area contributed by atoms with Crippen LogP contribution in [0.2, 0.25) is 0 Å². The number of rotatable bonds is 6. The molecular formula is C22H17NO4. The molecule has 0 aliphatic carbocycles. The number of anilines is 2. The van der Waals surface area contributed by atoms with E-state index < -0.39 is 11.9 Å². The molecule has 0 saturated carbocycles. The molecule has 0 aliphatic rings. The normalized spacial score (nSPS) is 10.7. The van der Waals surface area contributed by atoms with E-state index in [-0.39, 0.29) is 11.1 Å². The predicted molar refractivity (Wildman–Crippen MR) is 105 cm³/mol. The molecule has 0 heterocycles. The maximum absolute atomic E-state index is 11.5. The van der Waals surface area contributed by atoms with E-state index in [9.17, 15) is 19.8 Å². The molecule has 3 aromatic rings. The molecule has 5 nitrogen and oxygen atoms in total. The van der Waals surface area contributed by atoms with Crippen molar-refractivity contribution in [2.24, 2.45) is 0 Å². The van der Waals surface area contributed by atoms with Crippen molar-refractivity contribution in [1.82, 2.24) is 0 Å². The Kier molecular flexibility index (Phi) is 5.33. The van der Waals surface area contributed by atoms with Crippen molar-refractivity contribution >= 4 is 35.5 Å². The van der Waals surface area contributed by atoms with E-state index in [1.165, 1.54) is 12.1 Å². The van der Waals surface area contributed by atoms with E-state index >= 15 is 0 Å². The summed E-state index contributed by atoms with van der Waals surface area (Å²) in [6, 6.07) is 21.8. The Morgan fingerprint density at radius 2 is 1.37 bits per heavy atom. The van der Waals surface area contributed by atoms with Gasteiger partial charge in [0, 0.05) is 11.4 Å². The van der Waals surface area contributed by atoms with Gasteiger partial charge in [-0.3, -0.25) is 0 Å². The summed E-state index contributed by atoms with van der Waals surface area (Å²) in [4.78, 5) is 22.7. The highest BCUT2D eigenvalue weighted by Gasteiger charge is 2.18. The zero-order valence-corrected chi connectivity index (χ0v) is 14.3. The Hall–Kier alpha value is -3.86. The molecule has 0 aliphatic heterocycles. The number of hydrogen-bond donors (Lipinski definition) is 3. The van der Waals surface area contributed by atoms with Crippen molar-refractivity contribution in [2.75, 3.05) is 5.32 Å². The van der Waals surface area contributed by atoms with Crippen LogP contribution in [0.15, 0.2) is 72.8 Å². The van der Waals surface area contributed by atoms with Crippen molar-refractivity contribution in [3.8, 4) is 0 Å². The summed E-state index contributed by atoms with van der Waals surface area (Å²) in [6.07, 6.45) is 3.36. The van der Waals surface area contributed by atoms with Crippen LogP contribution in [0.25, 0.3) is 12.2 Å². The SMILES string of the molecule is O=C(O)c1cccc(C=Cc2ccc(Nc3ccccc3)cc2)c1C(=O)O. The molecule has 0 amide bonds. The summed E-state index contributed by atoms with van der Waals surface area (Å²) in [7, 11) is 0. The summed E-state index contributed by atoms with van der Waals surface area (Å²) in [5.74, 6) is -2.53. The number of hydrogen-bond acceptors (Lipinski definition) is 3. The Balaban J connectivity index is 1.81. The zero-order chi connectivity index (χ0) is 19.2. The topological polar surface area (TPSA) is 86.6 Å². The van der Waals surface area contributed by atoms with Crippen LogP contribution in [0.5, 0.6) is 0 Å². The third-order valence-electron chi connectivity index (χ3n) is 3.97. The average molecular weight is 359 g/mol. The van der Waals surface area contributed by atoms with Gasteiger partial charge in [0.15, 0.2) is 0 Å². The van der Waals surface area contributed by atoms with E-state index in [0.29, 0.717) is 5.56 Å². The highest BCUT2D eigenvalue weighted by molar-refractivity contribution is 6.04. The fourth-order valence-electron chi connectivity index (χ4n) is 2.68. The van der Waals surface area contributed by atoms with Gasteiger partial charge in [-0.05, 0) is 41.5 Å². The third-order valence-corrected chi connectivity index (χ3v) is 3.97. The molecule has 3 aromatic carbocycles. The third kappa shape index (κ3) is 4.41. The molecule has 3 N–H and O–H groups in total. The lowest BCUT2D eigenvalue weighted by molar-refractivity contribution is 0.0651. The van der Waals surface area contributed by atoms with E-state index in [1.807, 2.05) is 54.6 Å². The molecule has 0 unspecified atom stereocenters. The summed E-state index contributed by atoms with van der Waals surface area (Å²) >= 11 is 0. The van der Waals surface area contributed by atoms with Crippen molar-refractivity contribution in [3.05, 3.63) is 95.1 Å². The molecule has 0 aromatic heterocycles. The van der Waals surface area contributed by atoms with Crippen LogP contribution in [0.1, 0.15) is 31.8 Å². The fraction of sp³-hybridized carbons (Fsp3) is 0. The quantitative estimate of drug-likeness (QED) is 0.539. The van der Waals surface area contributed by atoms with Crippen molar-refractivity contribution in [3.63, 3.8) is 0 Å². The summed E-state index contributed by atoms with van der Waals surface area (Å²) < 4.78 is 0. The van der Waals surface area contributed by atoms with E-state index in [2.05, 4.69) is 5.32 Å². The molecule has 0 spiro atoms. The monoisotopic (exact) mass is 359 g/mol. The number of aromatic carboxylic acids is 2. The number of carboxylic acids is 2. The molecule has 134 valence electrons.